The molecule has 1 heterocycles. The van der Waals surface area contributed by atoms with Crippen LogP contribution < -0.4 is 5.32 Å². The third kappa shape index (κ3) is 4.21. The molecule has 0 saturated carbocycles. The molecule has 2 aromatic rings. The second-order valence-electron chi connectivity index (χ2n) is 7.62. The molecule has 2 N–H and O–H groups in total. The van der Waals surface area contributed by atoms with Gasteiger partial charge >= 0.3 is 5.97 Å². The Balaban J connectivity index is 1.75. The fourth-order valence-corrected chi connectivity index (χ4v) is 3.82. The molecule has 0 spiro atoms. The van der Waals surface area contributed by atoms with Crippen LogP contribution in [0.25, 0.3) is 0 Å². The van der Waals surface area contributed by atoms with E-state index in [1.807, 2.05) is 26.0 Å². The smallest absolute Gasteiger partial charge is 0.326 e. The lowest BCUT2D eigenvalue weighted by molar-refractivity contribution is -0.139. The van der Waals surface area contributed by atoms with Crippen LogP contribution >= 0.6 is 0 Å². The molecule has 144 valence electrons. The van der Waals surface area contributed by atoms with E-state index < -0.39 is 17.9 Å². The van der Waals surface area contributed by atoms with Crippen molar-refractivity contribution in [1.29, 1.82) is 0 Å². The number of carbonyl (C=O) groups is 2. The number of hydrogen-bond acceptors (Lipinski definition) is 3. The van der Waals surface area contributed by atoms with Crippen LogP contribution in [0.4, 0.5) is 0 Å². The number of carboxylic acids is 1. The summed E-state index contributed by atoms with van der Waals surface area (Å²) in [6, 6.07) is 9.01. The summed E-state index contributed by atoms with van der Waals surface area (Å²) >= 11 is 0. The van der Waals surface area contributed by atoms with E-state index in [2.05, 4.69) is 22.5 Å². The second kappa shape index (κ2) is 7.94. The van der Waals surface area contributed by atoms with Crippen LogP contribution in [0.5, 0.6) is 0 Å². The zero-order chi connectivity index (χ0) is 19.6. The van der Waals surface area contributed by atoms with E-state index in [-0.39, 0.29) is 11.8 Å². The zero-order valence-corrected chi connectivity index (χ0v) is 16.1. The third-order valence-corrected chi connectivity index (χ3v) is 5.34. The van der Waals surface area contributed by atoms with E-state index in [0.29, 0.717) is 12.1 Å². The molecule has 1 aromatic carbocycles. The summed E-state index contributed by atoms with van der Waals surface area (Å²) in [6.45, 7) is 4.01. The van der Waals surface area contributed by atoms with Crippen molar-refractivity contribution in [3.8, 4) is 0 Å². The summed E-state index contributed by atoms with van der Waals surface area (Å²) < 4.78 is 1.51. The molecule has 0 radical (unpaired) electrons. The number of nitrogens with one attached hydrogen (secondary N) is 1. The van der Waals surface area contributed by atoms with Crippen molar-refractivity contribution < 1.29 is 14.7 Å². The van der Waals surface area contributed by atoms with Crippen LogP contribution in [-0.4, -0.2) is 32.8 Å². The first-order valence-corrected chi connectivity index (χ1v) is 9.52. The topological polar surface area (TPSA) is 84.2 Å². The zero-order valence-electron chi connectivity index (χ0n) is 16.1. The van der Waals surface area contributed by atoms with Gasteiger partial charge < -0.3 is 10.4 Å². The summed E-state index contributed by atoms with van der Waals surface area (Å²) in [5, 5.41) is 16.7. The largest absolute Gasteiger partial charge is 0.480 e. The molecule has 3 rings (SSSR count). The minimum atomic E-state index is -1.00. The minimum absolute atomic E-state index is 0.147. The fourth-order valence-electron chi connectivity index (χ4n) is 3.82. The van der Waals surface area contributed by atoms with E-state index in [4.69, 9.17) is 0 Å². The number of aliphatic carboxylic acids is 1. The highest BCUT2D eigenvalue weighted by Crippen LogP contribution is 2.34. The Morgan fingerprint density at radius 1 is 1.33 bits per heavy atom. The van der Waals surface area contributed by atoms with E-state index in [1.54, 1.807) is 13.1 Å². The van der Waals surface area contributed by atoms with Gasteiger partial charge in [-0.25, -0.2) is 4.79 Å². The number of fused-ring (bicyclic) bond motifs is 1. The molecule has 2 unspecified atom stereocenters. The van der Waals surface area contributed by atoms with Crippen LogP contribution in [0.1, 0.15) is 72.3 Å². The quantitative estimate of drug-likeness (QED) is 0.819. The molecular formula is C21H27N3O3. The van der Waals surface area contributed by atoms with Crippen molar-refractivity contribution in [3.05, 3.63) is 52.8 Å². The van der Waals surface area contributed by atoms with Gasteiger partial charge in [-0.3, -0.25) is 9.48 Å². The van der Waals surface area contributed by atoms with Gasteiger partial charge in [-0.15, -0.1) is 0 Å². The highest BCUT2D eigenvalue weighted by Gasteiger charge is 2.29. The lowest BCUT2D eigenvalue weighted by Gasteiger charge is -2.28. The number of aryl methyl sites for hydroxylation is 2. The van der Waals surface area contributed by atoms with Gasteiger partial charge in [0.25, 0.3) is 5.91 Å². The van der Waals surface area contributed by atoms with Crippen molar-refractivity contribution in [1.82, 2.24) is 15.1 Å². The third-order valence-electron chi connectivity index (χ3n) is 5.34. The van der Waals surface area contributed by atoms with E-state index in [9.17, 15) is 14.7 Å². The van der Waals surface area contributed by atoms with Crippen molar-refractivity contribution in [2.24, 2.45) is 7.05 Å². The molecular weight excluding hydrogens is 342 g/mol. The van der Waals surface area contributed by atoms with Crippen molar-refractivity contribution in [2.45, 2.75) is 57.4 Å². The molecule has 0 aliphatic heterocycles. The summed E-state index contributed by atoms with van der Waals surface area (Å²) in [6.07, 6.45) is 3.41. The Bertz CT molecular complexity index is 841. The Labute approximate surface area is 159 Å². The van der Waals surface area contributed by atoms with E-state index >= 15 is 0 Å². The number of aromatic nitrogens is 2. The standard InChI is InChI=1S/C21H27N3O3/c1-13(2)17-12-19(24(3)23-17)20(25)22-18(21(26)27)11-15-9-6-8-14-7-4-5-10-16(14)15/h4-5,7,10,12-13,15,18H,6,8-9,11H2,1-3H3,(H,22,25)(H,26,27). The summed E-state index contributed by atoms with van der Waals surface area (Å²) in [5.41, 5.74) is 3.70. The van der Waals surface area contributed by atoms with Crippen LogP contribution in [0.3, 0.4) is 0 Å². The first-order chi connectivity index (χ1) is 12.9. The molecule has 27 heavy (non-hydrogen) atoms. The molecule has 6 nitrogen and oxygen atoms in total. The fraction of sp³-hybridized carbons (Fsp3) is 0.476. The molecule has 1 aromatic heterocycles. The van der Waals surface area contributed by atoms with Gasteiger partial charge in [0.1, 0.15) is 11.7 Å². The first-order valence-electron chi connectivity index (χ1n) is 9.52. The van der Waals surface area contributed by atoms with E-state index in [1.165, 1.54) is 15.8 Å². The molecule has 1 aliphatic carbocycles. The van der Waals surface area contributed by atoms with Gasteiger partial charge in [0.05, 0.1) is 5.69 Å². The first kappa shape index (κ1) is 19.1. The number of carbonyl (C=O) groups excluding carboxylic acids is 1. The summed E-state index contributed by atoms with van der Waals surface area (Å²) in [5.74, 6) is -1.05. The lowest BCUT2D eigenvalue weighted by atomic mass is 9.79. The molecule has 0 bridgehead atoms. The van der Waals surface area contributed by atoms with Gasteiger partial charge in [0.15, 0.2) is 0 Å². The highest BCUT2D eigenvalue weighted by molar-refractivity contribution is 5.95. The van der Waals surface area contributed by atoms with Crippen molar-refractivity contribution >= 4 is 11.9 Å². The molecule has 0 saturated heterocycles. The van der Waals surface area contributed by atoms with Crippen LogP contribution in [-0.2, 0) is 18.3 Å². The van der Waals surface area contributed by atoms with Gasteiger partial charge in [-0.2, -0.15) is 5.10 Å². The van der Waals surface area contributed by atoms with Crippen LogP contribution in [0.2, 0.25) is 0 Å². The Kier molecular flexibility index (Phi) is 5.63. The maximum Gasteiger partial charge on any atom is 0.326 e. The van der Waals surface area contributed by atoms with Gasteiger partial charge in [-0.1, -0.05) is 38.1 Å². The Morgan fingerprint density at radius 2 is 2.07 bits per heavy atom. The molecule has 1 aliphatic rings. The molecule has 0 fully saturated rings. The summed E-state index contributed by atoms with van der Waals surface area (Å²) in [4.78, 5) is 24.5. The SMILES string of the molecule is CC(C)c1cc(C(=O)NC(CC2CCCc3ccccc32)C(=O)O)n(C)n1. The normalized spacial score (nSPS) is 17.4. The second-order valence-corrected chi connectivity index (χ2v) is 7.62. The molecule has 2 atom stereocenters. The minimum Gasteiger partial charge on any atom is -0.480 e. The van der Waals surface area contributed by atoms with Gasteiger partial charge in [-0.05, 0) is 54.7 Å². The number of carboxylic acid groups (broad SMARTS) is 1. The van der Waals surface area contributed by atoms with Crippen molar-refractivity contribution in [3.63, 3.8) is 0 Å². The van der Waals surface area contributed by atoms with Gasteiger partial charge in [0.2, 0.25) is 0 Å². The monoisotopic (exact) mass is 369 g/mol. The highest BCUT2D eigenvalue weighted by atomic mass is 16.4. The predicted octanol–water partition coefficient (Wildman–Crippen LogP) is 3.24. The molecule has 1 amide bonds. The number of hydrogen-bond donors (Lipinski definition) is 2. The molecule has 6 heteroatoms. The number of rotatable bonds is 6. The Morgan fingerprint density at radius 3 is 2.74 bits per heavy atom. The van der Waals surface area contributed by atoms with Crippen molar-refractivity contribution in [2.75, 3.05) is 0 Å². The summed E-state index contributed by atoms with van der Waals surface area (Å²) in [7, 11) is 1.70. The Hall–Kier alpha value is -2.63. The van der Waals surface area contributed by atoms with Crippen LogP contribution in [0.15, 0.2) is 30.3 Å². The maximum absolute atomic E-state index is 12.7. The maximum atomic E-state index is 12.7. The number of nitrogens with zero attached hydrogens (tertiary/aromatic N) is 2. The number of benzene rings is 1. The van der Waals surface area contributed by atoms with E-state index in [0.717, 1.165) is 25.0 Å². The average molecular weight is 369 g/mol. The average Bonchev–Trinajstić information content (AvgIpc) is 3.03. The predicted molar refractivity (Wildman–Crippen MR) is 103 cm³/mol. The van der Waals surface area contributed by atoms with Crippen LogP contribution in [0, 0.1) is 0 Å². The number of amides is 1. The lowest BCUT2D eigenvalue weighted by Crippen LogP contribution is -2.42. The van der Waals surface area contributed by atoms with Gasteiger partial charge in [0, 0.05) is 7.05 Å².